The molecule has 2 aromatic heterocycles. The molecule has 0 saturated heterocycles. The van der Waals surface area contributed by atoms with Crippen LogP contribution in [-0.2, 0) is 0 Å². The normalized spacial score (nSPS) is 28.9. The van der Waals surface area contributed by atoms with Gasteiger partial charge in [-0.05, 0) is 49.7 Å². The number of aliphatic hydroxyl groups excluding tert-OH is 2. The van der Waals surface area contributed by atoms with E-state index in [-0.39, 0.29) is 13.2 Å². The summed E-state index contributed by atoms with van der Waals surface area (Å²) in [5.74, 6) is 2.27. The van der Waals surface area contributed by atoms with Crippen molar-refractivity contribution in [2.45, 2.75) is 37.8 Å². The SMILES string of the molecule is OCC1CC(Nc2nc3cccnc3nc2NC2CC(CO)C2)C1. The van der Waals surface area contributed by atoms with Crippen molar-refractivity contribution >= 4 is 22.8 Å². The molecule has 0 amide bonds. The van der Waals surface area contributed by atoms with E-state index in [0.717, 1.165) is 42.8 Å². The summed E-state index contributed by atoms with van der Waals surface area (Å²) < 4.78 is 0. The smallest absolute Gasteiger partial charge is 0.180 e. The minimum Gasteiger partial charge on any atom is -0.396 e. The minimum absolute atomic E-state index is 0.249. The van der Waals surface area contributed by atoms with Crippen LogP contribution in [0, 0.1) is 11.8 Å². The average molecular weight is 329 g/mol. The first-order valence-corrected chi connectivity index (χ1v) is 8.62. The summed E-state index contributed by atoms with van der Waals surface area (Å²) in [6.45, 7) is 0.500. The molecule has 4 N–H and O–H groups in total. The highest BCUT2D eigenvalue weighted by atomic mass is 16.3. The van der Waals surface area contributed by atoms with E-state index in [0.29, 0.717) is 29.6 Å². The lowest BCUT2D eigenvalue weighted by Gasteiger charge is -2.37. The van der Waals surface area contributed by atoms with E-state index in [1.807, 2.05) is 12.1 Å². The standard InChI is InChI=1S/C17H23N5O2/c23-8-10-4-12(5-10)19-16-17(20-13-6-11(7-13)9-24)22-15-14(21-16)2-1-3-18-15/h1-3,10-13,23-24H,4-9H2,(H,19,21)(H,18,20,22). The Labute approximate surface area is 140 Å². The molecule has 2 aliphatic carbocycles. The summed E-state index contributed by atoms with van der Waals surface area (Å²) >= 11 is 0. The lowest BCUT2D eigenvalue weighted by atomic mass is 9.80. The Hall–Kier alpha value is -1.99. The van der Waals surface area contributed by atoms with Crippen LogP contribution < -0.4 is 10.6 Å². The summed E-state index contributed by atoms with van der Waals surface area (Å²) in [7, 11) is 0. The Bertz CT molecular complexity index is 653. The van der Waals surface area contributed by atoms with Crippen molar-refractivity contribution in [3.63, 3.8) is 0 Å². The number of nitrogens with zero attached hydrogens (tertiary/aromatic N) is 3. The molecule has 128 valence electrons. The number of fused-ring (bicyclic) bond motifs is 1. The van der Waals surface area contributed by atoms with E-state index in [1.54, 1.807) is 6.20 Å². The lowest BCUT2D eigenvalue weighted by Crippen LogP contribution is -2.39. The van der Waals surface area contributed by atoms with Crippen molar-refractivity contribution in [1.29, 1.82) is 0 Å². The number of hydrogen-bond acceptors (Lipinski definition) is 7. The summed E-state index contributed by atoms with van der Waals surface area (Å²) in [5, 5.41) is 25.3. The fraction of sp³-hybridized carbons (Fsp3) is 0.588. The Morgan fingerprint density at radius 3 is 2.08 bits per heavy atom. The molecule has 0 spiro atoms. The van der Waals surface area contributed by atoms with Gasteiger partial charge >= 0.3 is 0 Å². The second-order valence-corrected chi connectivity index (χ2v) is 6.99. The van der Waals surface area contributed by atoms with Gasteiger partial charge in [0.2, 0.25) is 0 Å². The lowest BCUT2D eigenvalue weighted by molar-refractivity contribution is 0.150. The maximum atomic E-state index is 9.18. The molecule has 0 aliphatic heterocycles. The average Bonchev–Trinajstić information content (AvgIpc) is 2.53. The molecule has 2 aromatic rings. The molecule has 2 saturated carbocycles. The molecule has 2 heterocycles. The molecular weight excluding hydrogens is 306 g/mol. The highest BCUT2D eigenvalue weighted by molar-refractivity contribution is 5.77. The Morgan fingerprint density at radius 2 is 1.50 bits per heavy atom. The number of aliphatic hydroxyl groups is 2. The van der Waals surface area contributed by atoms with E-state index < -0.39 is 0 Å². The van der Waals surface area contributed by atoms with Crippen molar-refractivity contribution in [3.8, 4) is 0 Å². The summed E-state index contributed by atoms with van der Waals surface area (Å²) in [6.07, 6.45) is 5.54. The number of aromatic nitrogens is 3. The second kappa shape index (κ2) is 6.49. The van der Waals surface area contributed by atoms with Crippen molar-refractivity contribution in [3.05, 3.63) is 18.3 Å². The topological polar surface area (TPSA) is 103 Å². The van der Waals surface area contributed by atoms with Crippen LogP contribution in [0.15, 0.2) is 18.3 Å². The number of pyridine rings is 1. The Kier molecular flexibility index (Phi) is 4.20. The van der Waals surface area contributed by atoms with Gasteiger partial charge in [-0.2, -0.15) is 0 Å². The van der Waals surface area contributed by atoms with E-state index >= 15 is 0 Å². The van der Waals surface area contributed by atoms with Gasteiger partial charge in [0.25, 0.3) is 0 Å². The summed E-state index contributed by atoms with van der Waals surface area (Å²) in [4.78, 5) is 13.6. The molecule has 24 heavy (non-hydrogen) atoms. The molecule has 2 aliphatic rings. The molecule has 2 fully saturated rings. The Balaban J connectivity index is 1.54. The van der Waals surface area contributed by atoms with Crippen molar-refractivity contribution in [2.75, 3.05) is 23.8 Å². The van der Waals surface area contributed by atoms with Crippen molar-refractivity contribution < 1.29 is 10.2 Å². The van der Waals surface area contributed by atoms with Gasteiger partial charge < -0.3 is 20.8 Å². The maximum Gasteiger partial charge on any atom is 0.180 e. The van der Waals surface area contributed by atoms with Crippen LogP contribution >= 0.6 is 0 Å². The van der Waals surface area contributed by atoms with E-state index in [9.17, 15) is 10.2 Å². The predicted octanol–water partition coefficient (Wildman–Crippen LogP) is 1.39. The van der Waals surface area contributed by atoms with Gasteiger partial charge in [-0.1, -0.05) is 0 Å². The van der Waals surface area contributed by atoms with Gasteiger partial charge in [-0.3, -0.25) is 0 Å². The first kappa shape index (κ1) is 15.5. The molecule has 7 heteroatoms. The predicted molar refractivity (Wildman–Crippen MR) is 91.8 cm³/mol. The van der Waals surface area contributed by atoms with Crippen molar-refractivity contribution in [1.82, 2.24) is 15.0 Å². The minimum atomic E-state index is 0.249. The first-order chi connectivity index (χ1) is 11.7. The molecule has 0 radical (unpaired) electrons. The summed E-state index contributed by atoms with van der Waals surface area (Å²) in [5.41, 5.74) is 1.40. The van der Waals surface area contributed by atoms with Gasteiger partial charge in [0.05, 0.1) is 0 Å². The van der Waals surface area contributed by atoms with Gasteiger partial charge in [-0.25, -0.2) is 15.0 Å². The highest BCUT2D eigenvalue weighted by Gasteiger charge is 2.32. The van der Waals surface area contributed by atoms with Crippen LogP contribution in [0.5, 0.6) is 0 Å². The number of rotatable bonds is 6. The fourth-order valence-corrected chi connectivity index (χ4v) is 3.49. The first-order valence-electron chi connectivity index (χ1n) is 8.62. The Morgan fingerprint density at radius 1 is 0.917 bits per heavy atom. The third-order valence-corrected chi connectivity index (χ3v) is 5.11. The zero-order valence-electron chi connectivity index (χ0n) is 13.5. The van der Waals surface area contributed by atoms with Gasteiger partial charge in [0.15, 0.2) is 17.3 Å². The van der Waals surface area contributed by atoms with Crippen LogP contribution in [0.3, 0.4) is 0 Å². The van der Waals surface area contributed by atoms with E-state index in [1.165, 1.54) is 0 Å². The zero-order valence-corrected chi connectivity index (χ0v) is 13.5. The monoisotopic (exact) mass is 329 g/mol. The third-order valence-electron chi connectivity index (χ3n) is 5.11. The van der Waals surface area contributed by atoms with Crippen molar-refractivity contribution in [2.24, 2.45) is 11.8 Å². The molecule has 4 rings (SSSR count). The molecule has 0 bridgehead atoms. The molecule has 0 unspecified atom stereocenters. The fourth-order valence-electron chi connectivity index (χ4n) is 3.49. The highest BCUT2D eigenvalue weighted by Crippen LogP contribution is 2.34. The molecule has 0 aromatic carbocycles. The second-order valence-electron chi connectivity index (χ2n) is 6.99. The molecule has 0 atom stereocenters. The molecule has 7 nitrogen and oxygen atoms in total. The van der Waals surface area contributed by atoms with Crippen LogP contribution in [0.1, 0.15) is 25.7 Å². The maximum absolute atomic E-state index is 9.18. The van der Waals surface area contributed by atoms with Crippen LogP contribution in [-0.4, -0.2) is 50.5 Å². The van der Waals surface area contributed by atoms with E-state index in [4.69, 9.17) is 0 Å². The van der Waals surface area contributed by atoms with Crippen LogP contribution in [0.2, 0.25) is 0 Å². The van der Waals surface area contributed by atoms with E-state index in [2.05, 4.69) is 25.6 Å². The molecular formula is C17H23N5O2. The van der Waals surface area contributed by atoms with Crippen LogP contribution in [0.4, 0.5) is 11.6 Å². The van der Waals surface area contributed by atoms with Gasteiger partial charge in [0.1, 0.15) is 5.52 Å². The number of hydrogen-bond donors (Lipinski definition) is 4. The zero-order chi connectivity index (χ0) is 16.5. The van der Waals surface area contributed by atoms with Crippen LogP contribution in [0.25, 0.3) is 11.2 Å². The quantitative estimate of drug-likeness (QED) is 0.635. The number of anilines is 2. The summed E-state index contributed by atoms with van der Waals surface area (Å²) in [6, 6.07) is 4.42. The third kappa shape index (κ3) is 3.01. The van der Waals surface area contributed by atoms with Gasteiger partial charge in [0, 0.05) is 31.5 Å². The van der Waals surface area contributed by atoms with Gasteiger partial charge in [-0.15, -0.1) is 0 Å². The number of nitrogens with one attached hydrogen (secondary N) is 2. The largest absolute Gasteiger partial charge is 0.396 e.